The molecule has 2 amide bonds. The molecule has 4 rings (SSSR count). The predicted molar refractivity (Wildman–Crippen MR) is 112 cm³/mol. The summed E-state index contributed by atoms with van der Waals surface area (Å²) in [4.78, 5) is 29.4. The van der Waals surface area contributed by atoms with E-state index < -0.39 is 17.5 Å². The van der Waals surface area contributed by atoms with Gasteiger partial charge in [0.2, 0.25) is 5.91 Å². The van der Waals surface area contributed by atoms with Gasteiger partial charge in [0.15, 0.2) is 0 Å². The molecule has 164 valence electrons. The van der Waals surface area contributed by atoms with Gasteiger partial charge in [-0.2, -0.15) is 0 Å². The SMILES string of the molecule is COc1ccc(CN(C(=O)C2CCN(C(=O)c3ccc(F)cc3F)CC2)C2CC2)cc1. The zero-order valence-corrected chi connectivity index (χ0v) is 17.5. The zero-order chi connectivity index (χ0) is 22.0. The molecule has 5 nitrogen and oxygen atoms in total. The highest BCUT2D eigenvalue weighted by Crippen LogP contribution is 2.32. The minimum Gasteiger partial charge on any atom is -0.497 e. The van der Waals surface area contributed by atoms with Gasteiger partial charge in [-0.3, -0.25) is 9.59 Å². The van der Waals surface area contributed by atoms with Crippen molar-refractivity contribution < 1.29 is 23.1 Å². The molecule has 1 aliphatic carbocycles. The number of rotatable bonds is 6. The third-order valence-electron chi connectivity index (χ3n) is 6.08. The number of piperidine rings is 1. The summed E-state index contributed by atoms with van der Waals surface area (Å²) in [5.74, 6) is -1.28. The number of hydrogen-bond donors (Lipinski definition) is 0. The summed E-state index contributed by atoms with van der Waals surface area (Å²) in [5.41, 5.74) is 0.922. The maximum absolute atomic E-state index is 14.0. The lowest BCUT2D eigenvalue weighted by atomic mass is 9.94. The Morgan fingerprint density at radius 3 is 2.29 bits per heavy atom. The van der Waals surface area contributed by atoms with Crippen molar-refractivity contribution in [2.75, 3.05) is 20.2 Å². The van der Waals surface area contributed by atoms with Crippen molar-refractivity contribution >= 4 is 11.8 Å². The Kier molecular flexibility index (Phi) is 6.20. The number of ether oxygens (including phenoxy) is 1. The average Bonchev–Trinajstić information content (AvgIpc) is 3.62. The lowest BCUT2D eigenvalue weighted by molar-refractivity contribution is -0.138. The Balaban J connectivity index is 1.37. The maximum atomic E-state index is 14.0. The van der Waals surface area contributed by atoms with Gasteiger partial charge in [-0.1, -0.05) is 12.1 Å². The molecule has 1 heterocycles. The lowest BCUT2D eigenvalue weighted by Crippen LogP contribution is -2.45. The second-order valence-electron chi connectivity index (χ2n) is 8.24. The van der Waals surface area contributed by atoms with E-state index in [0.29, 0.717) is 32.5 Å². The molecular formula is C24H26F2N2O3. The van der Waals surface area contributed by atoms with Crippen molar-refractivity contribution in [2.45, 2.75) is 38.3 Å². The fourth-order valence-corrected chi connectivity index (χ4v) is 4.10. The van der Waals surface area contributed by atoms with Crippen LogP contribution in [-0.2, 0) is 11.3 Å². The van der Waals surface area contributed by atoms with Gasteiger partial charge in [0.1, 0.15) is 17.4 Å². The molecular weight excluding hydrogens is 402 g/mol. The first-order chi connectivity index (χ1) is 15.0. The largest absolute Gasteiger partial charge is 0.497 e. The van der Waals surface area contributed by atoms with Gasteiger partial charge < -0.3 is 14.5 Å². The van der Waals surface area contributed by atoms with E-state index in [1.807, 2.05) is 29.2 Å². The van der Waals surface area contributed by atoms with Crippen LogP contribution in [0.25, 0.3) is 0 Å². The molecule has 31 heavy (non-hydrogen) atoms. The highest BCUT2D eigenvalue weighted by Gasteiger charge is 2.37. The number of likely N-dealkylation sites (tertiary alicyclic amines) is 1. The second-order valence-corrected chi connectivity index (χ2v) is 8.24. The van der Waals surface area contributed by atoms with Crippen LogP contribution in [0.1, 0.15) is 41.6 Å². The molecule has 0 atom stereocenters. The van der Waals surface area contributed by atoms with Crippen molar-refractivity contribution in [3.05, 3.63) is 65.2 Å². The standard InChI is InChI=1S/C24H26F2N2O3/c1-31-20-7-2-16(3-8-20)15-28(19-5-6-19)23(29)17-10-12-27(13-11-17)24(30)21-9-4-18(25)14-22(21)26/h2-4,7-9,14,17,19H,5-6,10-13,15H2,1H3. The molecule has 1 saturated heterocycles. The monoisotopic (exact) mass is 428 g/mol. The first-order valence-corrected chi connectivity index (χ1v) is 10.6. The van der Waals surface area contributed by atoms with Gasteiger partial charge in [-0.05, 0) is 55.5 Å². The Bertz CT molecular complexity index is 952. The molecule has 2 aromatic rings. The van der Waals surface area contributed by atoms with Crippen LogP contribution in [0.4, 0.5) is 8.78 Å². The highest BCUT2D eigenvalue weighted by atomic mass is 19.1. The fraction of sp³-hybridized carbons (Fsp3) is 0.417. The Hall–Kier alpha value is -2.96. The van der Waals surface area contributed by atoms with Crippen LogP contribution in [0.5, 0.6) is 5.75 Å². The van der Waals surface area contributed by atoms with Crippen molar-refractivity contribution in [1.29, 1.82) is 0 Å². The summed E-state index contributed by atoms with van der Waals surface area (Å²) in [6, 6.07) is 11.0. The van der Waals surface area contributed by atoms with Crippen molar-refractivity contribution in [1.82, 2.24) is 9.80 Å². The smallest absolute Gasteiger partial charge is 0.256 e. The van der Waals surface area contributed by atoms with E-state index in [1.165, 1.54) is 6.07 Å². The molecule has 2 aliphatic rings. The van der Waals surface area contributed by atoms with Crippen LogP contribution >= 0.6 is 0 Å². The van der Waals surface area contributed by atoms with E-state index in [2.05, 4.69) is 0 Å². The molecule has 0 aromatic heterocycles. The number of methoxy groups -OCH3 is 1. The molecule has 1 aliphatic heterocycles. The van der Waals surface area contributed by atoms with Crippen molar-refractivity contribution in [2.24, 2.45) is 5.92 Å². The summed E-state index contributed by atoms with van der Waals surface area (Å²) in [6.07, 6.45) is 3.12. The Labute approximate surface area is 180 Å². The highest BCUT2D eigenvalue weighted by molar-refractivity contribution is 5.94. The third-order valence-corrected chi connectivity index (χ3v) is 6.08. The van der Waals surface area contributed by atoms with Gasteiger partial charge in [-0.25, -0.2) is 8.78 Å². The van der Waals surface area contributed by atoms with Gasteiger partial charge in [0, 0.05) is 37.7 Å². The Morgan fingerprint density at radius 2 is 1.71 bits per heavy atom. The molecule has 0 radical (unpaired) electrons. The molecule has 0 unspecified atom stereocenters. The number of nitrogens with zero attached hydrogens (tertiary/aromatic N) is 2. The van der Waals surface area contributed by atoms with Gasteiger partial charge in [-0.15, -0.1) is 0 Å². The Morgan fingerprint density at radius 1 is 1.03 bits per heavy atom. The third kappa shape index (κ3) is 4.86. The van der Waals surface area contributed by atoms with Crippen LogP contribution in [0.3, 0.4) is 0 Å². The number of hydrogen-bond acceptors (Lipinski definition) is 3. The number of benzene rings is 2. The molecule has 0 bridgehead atoms. The predicted octanol–water partition coefficient (Wildman–Crippen LogP) is 4.02. The number of carbonyl (C=O) groups is 2. The molecule has 1 saturated carbocycles. The number of amides is 2. The first-order valence-electron chi connectivity index (χ1n) is 10.6. The number of halogens is 2. The summed E-state index contributed by atoms with van der Waals surface area (Å²) in [7, 11) is 1.62. The van der Waals surface area contributed by atoms with E-state index in [1.54, 1.807) is 12.0 Å². The zero-order valence-electron chi connectivity index (χ0n) is 17.5. The second kappa shape index (κ2) is 9.04. The van der Waals surface area contributed by atoms with Gasteiger partial charge >= 0.3 is 0 Å². The van der Waals surface area contributed by atoms with Crippen LogP contribution in [0.15, 0.2) is 42.5 Å². The molecule has 7 heteroatoms. The topological polar surface area (TPSA) is 49.9 Å². The summed E-state index contributed by atoms with van der Waals surface area (Å²) >= 11 is 0. The van der Waals surface area contributed by atoms with E-state index in [0.717, 1.165) is 36.3 Å². The summed E-state index contributed by atoms with van der Waals surface area (Å²) in [6.45, 7) is 1.33. The first kappa shape index (κ1) is 21.3. The van der Waals surface area contributed by atoms with Crippen LogP contribution in [-0.4, -0.2) is 47.9 Å². The van der Waals surface area contributed by atoms with Gasteiger partial charge in [0.05, 0.1) is 12.7 Å². The van der Waals surface area contributed by atoms with Crippen molar-refractivity contribution in [3.63, 3.8) is 0 Å². The molecule has 0 N–H and O–H groups in total. The minimum absolute atomic E-state index is 0.123. The van der Waals surface area contributed by atoms with E-state index in [4.69, 9.17) is 4.74 Å². The fourth-order valence-electron chi connectivity index (χ4n) is 4.10. The van der Waals surface area contributed by atoms with E-state index >= 15 is 0 Å². The minimum atomic E-state index is -0.859. The molecule has 2 fully saturated rings. The van der Waals surface area contributed by atoms with Gasteiger partial charge in [0.25, 0.3) is 5.91 Å². The molecule has 2 aromatic carbocycles. The average molecular weight is 428 g/mol. The summed E-state index contributed by atoms with van der Waals surface area (Å²) < 4.78 is 32.3. The number of carbonyl (C=O) groups excluding carboxylic acids is 2. The maximum Gasteiger partial charge on any atom is 0.256 e. The molecule has 0 spiro atoms. The van der Waals surface area contributed by atoms with Crippen LogP contribution < -0.4 is 4.74 Å². The van der Waals surface area contributed by atoms with Crippen LogP contribution in [0, 0.1) is 17.6 Å². The summed E-state index contributed by atoms with van der Waals surface area (Å²) in [5, 5.41) is 0. The van der Waals surface area contributed by atoms with E-state index in [9.17, 15) is 18.4 Å². The lowest BCUT2D eigenvalue weighted by Gasteiger charge is -2.34. The van der Waals surface area contributed by atoms with Crippen LogP contribution in [0.2, 0.25) is 0 Å². The van der Waals surface area contributed by atoms with Crippen molar-refractivity contribution in [3.8, 4) is 5.75 Å². The van der Waals surface area contributed by atoms with E-state index in [-0.39, 0.29) is 23.4 Å². The normalized spacial score (nSPS) is 16.8. The quantitative estimate of drug-likeness (QED) is 0.699.